The van der Waals surface area contributed by atoms with Gasteiger partial charge in [0.1, 0.15) is 16.8 Å². The molecule has 0 amide bonds. The molecule has 4 aromatic carbocycles. The molecule has 0 radical (unpaired) electrons. The minimum Gasteiger partial charge on any atom is -0.309 e. The Bertz CT molecular complexity index is 1940. The van der Waals surface area contributed by atoms with Crippen LogP contribution in [0.2, 0.25) is 0 Å². The van der Waals surface area contributed by atoms with Crippen LogP contribution in [0, 0.1) is 19.2 Å². The van der Waals surface area contributed by atoms with E-state index in [1.807, 2.05) is 0 Å². The van der Waals surface area contributed by atoms with E-state index in [4.69, 9.17) is 4.98 Å². The summed E-state index contributed by atoms with van der Waals surface area (Å²) in [7, 11) is 4.65. The van der Waals surface area contributed by atoms with Gasteiger partial charge in [-0.25, -0.2) is 0 Å². The van der Waals surface area contributed by atoms with Gasteiger partial charge >= 0.3 is 0 Å². The molecule has 0 N–H and O–H groups in total. The number of hydrogen-bond donors (Lipinski definition) is 0. The van der Waals surface area contributed by atoms with Crippen molar-refractivity contribution in [1.29, 1.82) is 0 Å². The van der Waals surface area contributed by atoms with Gasteiger partial charge in [-0.15, -0.1) is 59.7 Å². The second-order valence-electron chi connectivity index (χ2n) is 10.3. The van der Waals surface area contributed by atoms with Crippen LogP contribution in [0.3, 0.4) is 0 Å². The predicted molar refractivity (Wildman–Crippen MR) is 160 cm³/mol. The van der Waals surface area contributed by atoms with Gasteiger partial charge in [-0.05, 0) is 34.4 Å². The molecule has 0 unspecified atom stereocenters. The second kappa shape index (κ2) is 9.84. The van der Waals surface area contributed by atoms with Crippen LogP contribution in [0.4, 0.5) is 0 Å². The van der Waals surface area contributed by atoms with Gasteiger partial charge in [0.15, 0.2) is 0 Å². The second-order valence-corrected chi connectivity index (χ2v) is 10.3. The van der Waals surface area contributed by atoms with Crippen LogP contribution in [0.1, 0.15) is 33.6 Å². The van der Waals surface area contributed by atoms with Gasteiger partial charge < -0.3 is 4.57 Å². The first kappa shape index (κ1) is 25.4. The fourth-order valence-electron chi connectivity index (χ4n) is 6.46. The zero-order valence-electron chi connectivity index (χ0n) is 22.1. The topological polar surface area (TPSA) is 16.8 Å². The van der Waals surface area contributed by atoms with Crippen LogP contribution in [0.15, 0.2) is 121 Å². The first-order valence-corrected chi connectivity index (χ1v) is 13.5. The summed E-state index contributed by atoms with van der Waals surface area (Å²) in [4.78, 5) is 5.41. The Balaban J connectivity index is 0.00000276. The Morgan fingerprint density at radius 3 is 1.88 bits per heavy atom. The molecule has 0 saturated carbocycles. The minimum absolute atomic E-state index is 0. The number of pyridine rings is 2. The largest absolute Gasteiger partial charge is 0.309 e. The zero-order chi connectivity index (χ0) is 26.7. The Labute approximate surface area is 255 Å². The molecule has 1 aliphatic carbocycles. The SMILES string of the molecule is [CH2-][n+]1c2cccc1C1(c3cccc(n3)-c3[c-]c(ccc3)/C=C\c3[c-]c-2ccc3)c2ccccc2-c2ccccc21.[Pt]. The molecule has 6 aromatic rings. The minimum atomic E-state index is -0.672. The Morgan fingerprint density at radius 2 is 1.17 bits per heavy atom. The van der Waals surface area contributed by atoms with Crippen LogP contribution in [0.25, 0.3) is 45.8 Å². The van der Waals surface area contributed by atoms with E-state index in [1.54, 1.807) is 0 Å². The molecule has 2 aromatic heterocycles. The number of rotatable bonds is 0. The number of hydrogen-bond acceptors (Lipinski definition) is 1. The summed E-state index contributed by atoms with van der Waals surface area (Å²) in [5.41, 5.74) is 12.0. The van der Waals surface area contributed by atoms with Crippen LogP contribution < -0.4 is 4.57 Å². The molecular weight excluding hydrogens is 680 g/mol. The summed E-state index contributed by atoms with van der Waals surface area (Å²) in [6.07, 6.45) is 4.17. The summed E-state index contributed by atoms with van der Waals surface area (Å²) in [5.74, 6) is 0. The van der Waals surface area contributed by atoms with E-state index in [1.165, 1.54) is 22.3 Å². The molecule has 3 heteroatoms. The average Bonchev–Trinajstić information content (AvgIpc) is 3.31. The molecule has 3 heterocycles. The van der Waals surface area contributed by atoms with Crippen molar-refractivity contribution in [3.05, 3.63) is 174 Å². The molecule has 8 rings (SSSR count). The quantitative estimate of drug-likeness (QED) is 0.117. The zero-order valence-corrected chi connectivity index (χ0v) is 24.4. The maximum atomic E-state index is 5.41. The maximum absolute atomic E-state index is 5.41. The van der Waals surface area contributed by atoms with Crippen LogP contribution in [-0.4, -0.2) is 4.98 Å². The normalized spacial score (nSPS) is 14.1. The van der Waals surface area contributed by atoms with Crippen LogP contribution >= 0.6 is 0 Å². The van der Waals surface area contributed by atoms with Gasteiger partial charge in [0.2, 0.25) is 0 Å². The molecule has 2 nitrogen and oxygen atoms in total. The smallest absolute Gasteiger partial charge is 0.131 e. The van der Waals surface area contributed by atoms with Crippen LogP contribution in [-0.2, 0) is 26.5 Å². The fraction of sp³-hybridized carbons (Fsp3) is 0.0263. The van der Waals surface area contributed by atoms with Gasteiger partial charge in [-0.2, -0.15) is 12.2 Å². The van der Waals surface area contributed by atoms with Crippen molar-refractivity contribution in [3.63, 3.8) is 0 Å². The number of aromatic nitrogens is 2. The van der Waals surface area contributed by atoms with E-state index in [2.05, 4.69) is 157 Å². The van der Waals surface area contributed by atoms with Crippen molar-refractivity contribution in [3.8, 4) is 33.6 Å². The molecule has 0 fully saturated rings. The number of nitrogens with zero attached hydrogens (tertiary/aromatic N) is 2. The third-order valence-corrected chi connectivity index (χ3v) is 8.19. The van der Waals surface area contributed by atoms with E-state index in [0.29, 0.717) is 0 Å². The third-order valence-electron chi connectivity index (χ3n) is 8.19. The van der Waals surface area contributed by atoms with Gasteiger partial charge in [0, 0.05) is 39.5 Å². The first-order valence-electron chi connectivity index (χ1n) is 13.5. The predicted octanol–water partition coefficient (Wildman–Crippen LogP) is 7.79. The summed E-state index contributed by atoms with van der Waals surface area (Å²) in [6, 6.07) is 49.9. The summed E-state index contributed by atoms with van der Waals surface area (Å²) < 4.78 is 2.08. The van der Waals surface area contributed by atoms with Crippen molar-refractivity contribution < 1.29 is 25.6 Å². The molecule has 2 aliphatic rings. The molecule has 8 bridgehead atoms. The summed E-state index contributed by atoms with van der Waals surface area (Å²) in [6.45, 7) is 0. The molecule has 41 heavy (non-hydrogen) atoms. The first-order chi connectivity index (χ1) is 19.7. The fourth-order valence-corrected chi connectivity index (χ4v) is 6.46. The van der Waals surface area contributed by atoms with Gasteiger partial charge in [0.25, 0.3) is 0 Å². The van der Waals surface area contributed by atoms with Gasteiger partial charge in [0.05, 0.1) is 0 Å². The van der Waals surface area contributed by atoms with E-state index >= 15 is 0 Å². The van der Waals surface area contributed by atoms with E-state index < -0.39 is 5.41 Å². The van der Waals surface area contributed by atoms with Crippen molar-refractivity contribution in [2.45, 2.75) is 5.41 Å². The maximum Gasteiger partial charge on any atom is 0.131 e. The van der Waals surface area contributed by atoms with Crippen molar-refractivity contribution in [2.75, 3.05) is 0 Å². The van der Waals surface area contributed by atoms with E-state index in [9.17, 15) is 0 Å². The summed E-state index contributed by atoms with van der Waals surface area (Å²) in [5, 5.41) is 0. The van der Waals surface area contributed by atoms with Crippen molar-refractivity contribution >= 4 is 12.2 Å². The Morgan fingerprint density at radius 1 is 0.585 bits per heavy atom. The van der Waals surface area contributed by atoms with Gasteiger partial charge in [-0.1, -0.05) is 83.9 Å². The molecule has 198 valence electrons. The van der Waals surface area contributed by atoms with Crippen LogP contribution in [0.5, 0.6) is 0 Å². The molecule has 0 saturated heterocycles. The standard InChI is InChI=1S/C38H24N2.Pt/c1-40-35-19-9-21-37(40)38(32-16-4-2-14-30(32)31-15-3-5-17-33(31)38)36-20-8-18-34(39-36)28-12-6-10-26(24-28)22-23-27-11-7-13-29(35)25-27;/h2-23H,1H2;/q-2;/b23-22-;. The Kier molecular flexibility index (Phi) is 6.11. The molecule has 1 aliphatic heterocycles. The number of fused-ring (bicyclic) bond motifs is 17. The van der Waals surface area contributed by atoms with E-state index in [0.717, 1.165) is 45.0 Å². The number of benzene rings is 4. The summed E-state index contributed by atoms with van der Waals surface area (Å²) >= 11 is 0. The molecular formula is C38H24N2Pt-2. The monoisotopic (exact) mass is 703 g/mol. The van der Waals surface area contributed by atoms with E-state index in [-0.39, 0.29) is 21.1 Å². The Hall–Kier alpha value is -4.52. The third kappa shape index (κ3) is 3.79. The average molecular weight is 704 g/mol. The van der Waals surface area contributed by atoms with Crippen molar-refractivity contribution in [1.82, 2.24) is 4.98 Å². The van der Waals surface area contributed by atoms with Gasteiger partial charge in [-0.3, -0.25) is 4.98 Å². The molecule has 0 atom stereocenters. The van der Waals surface area contributed by atoms with Crippen molar-refractivity contribution in [2.24, 2.45) is 0 Å². The molecule has 1 spiro atoms.